The number of allylic oxidation sites excluding steroid dienone is 4. The smallest absolute Gasteiger partial charge is 0.163 e. The molecule has 0 aliphatic heterocycles. The zero-order chi connectivity index (χ0) is 24.9. The van der Waals surface area contributed by atoms with Crippen molar-refractivity contribution in [3.8, 4) is 5.75 Å². The van der Waals surface area contributed by atoms with E-state index in [-0.39, 0.29) is 11.5 Å². The first kappa shape index (κ1) is 27.0. The quantitative estimate of drug-likeness (QED) is 0.0636. The molecule has 180 valence electrons. The summed E-state index contributed by atoms with van der Waals surface area (Å²) in [4.78, 5) is 12.8. The molecule has 0 radical (unpaired) electrons. The number of hydrazone groups is 1. The average Bonchev–Trinajstić information content (AvgIpc) is 2.84. The van der Waals surface area contributed by atoms with Gasteiger partial charge in [-0.3, -0.25) is 4.79 Å². The van der Waals surface area contributed by atoms with Crippen molar-refractivity contribution in [1.82, 2.24) is 5.43 Å². The van der Waals surface area contributed by atoms with E-state index < -0.39 is 0 Å². The molecule has 0 bridgehead atoms. The van der Waals surface area contributed by atoms with E-state index in [2.05, 4.69) is 48.3 Å². The van der Waals surface area contributed by atoms with Gasteiger partial charge in [-0.15, -0.1) is 11.8 Å². The number of nitrogens with one attached hydrogen (secondary N) is 1. The Bertz CT molecular complexity index is 1070. The summed E-state index contributed by atoms with van der Waals surface area (Å²) in [5.74, 6) is 11.8. The van der Waals surface area contributed by atoms with Crippen molar-refractivity contribution < 1.29 is 9.90 Å². The number of amidine groups is 1. The van der Waals surface area contributed by atoms with Crippen molar-refractivity contribution in [3.05, 3.63) is 95.1 Å². The number of thioether (sulfide) groups is 1. The monoisotopic (exact) mass is 478 g/mol. The van der Waals surface area contributed by atoms with Crippen LogP contribution in [0, 0.1) is 0 Å². The molecule has 0 fully saturated rings. The van der Waals surface area contributed by atoms with Gasteiger partial charge in [0.15, 0.2) is 5.78 Å². The van der Waals surface area contributed by atoms with Gasteiger partial charge < -0.3 is 16.4 Å². The highest BCUT2D eigenvalue weighted by atomic mass is 32.2. The van der Waals surface area contributed by atoms with E-state index in [1.807, 2.05) is 30.4 Å². The molecule has 7 heteroatoms. The summed E-state index contributed by atoms with van der Waals surface area (Å²) in [6, 6.07) is 12.2. The van der Waals surface area contributed by atoms with E-state index in [1.165, 1.54) is 18.1 Å². The second-order valence-electron chi connectivity index (χ2n) is 7.82. The predicted octanol–water partition coefficient (Wildman–Crippen LogP) is 5.18. The Labute approximate surface area is 206 Å². The van der Waals surface area contributed by atoms with Crippen molar-refractivity contribution in [2.75, 3.05) is 0 Å². The zero-order valence-electron chi connectivity index (χ0n) is 19.9. The van der Waals surface area contributed by atoms with Crippen LogP contribution in [0.4, 0.5) is 0 Å². The number of carbonyl (C=O) groups is 1. The lowest BCUT2D eigenvalue weighted by Crippen LogP contribution is -2.30. The number of phenolic OH excluding ortho intramolecular Hbond substituents is 1. The number of Topliss-reactive ketones (excluding diaryl/α,β-unsaturated/α-hetero) is 1. The first-order valence-electron chi connectivity index (χ1n) is 11.2. The van der Waals surface area contributed by atoms with E-state index in [1.54, 1.807) is 17.8 Å². The Hall–Kier alpha value is -3.29. The van der Waals surface area contributed by atoms with Crippen molar-refractivity contribution in [3.63, 3.8) is 0 Å². The summed E-state index contributed by atoms with van der Waals surface area (Å²) in [6.45, 7) is 7.46. The number of hydrogen-bond donors (Lipinski definition) is 4. The molecule has 0 aromatic heterocycles. The van der Waals surface area contributed by atoms with Crippen LogP contribution in [0.3, 0.4) is 0 Å². The van der Waals surface area contributed by atoms with Crippen molar-refractivity contribution in [2.24, 2.45) is 16.8 Å². The van der Waals surface area contributed by atoms with Gasteiger partial charge in [-0.25, -0.2) is 5.84 Å². The molecule has 0 aliphatic rings. The summed E-state index contributed by atoms with van der Waals surface area (Å²) in [5.41, 5.74) is 7.17. The van der Waals surface area contributed by atoms with E-state index >= 15 is 0 Å². The Morgan fingerprint density at radius 2 is 1.91 bits per heavy atom. The topological polar surface area (TPSA) is 114 Å². The maximum absolute atomic E-state index is 11.8. The second kappa shape index (κ2) is 14.1. The van der Waals surface area contributed by atoms with Crippen molar-refractivity contribution in [1.29, 1.82) is 0 Å². The van der Waals surface area contributed by atoms with E-state index in [0.29, 0.717) is 17.8 Å². The first-order valence-corrected chi connectivity index (χ1v) is 12.2. The van der Waals surface area contributed by atoms with Crippen molar-refractivity contribution >= 4 is 23.4 Å². The Morgan fingerprint density at radius 3 is 2.50 bits per heavy atom. The Balaban J connectivity index is 2.03. The number of aromatic hydroxyl groups is 1. The van der Waals surface area contributed by atoms with Crippen LogP contribution < -0.4 is 17.1 Å². The number of hydrogen-bond acceptors (Lipinski definition) is 6. The number of nitrogens with two attached hydrogens (primary N) is 2. The molecular formula is C27H34N4O2S. The van der Waals surface area contributed by atoms with Crippen LogP contribution in [-0.2, 0) is 18.6 Å². The maximum atomic E-state index is 11.8. The van der Waals surface area contributed by atoms with Gasteiger partial charge >= 0.3 is 0 Å². The van der Waals surface area contributed by atoms with Crippen LogP contribution in [0.5, 0.6) is 5.75 Å². The summed E-state index contributed by atoms with van der Waals surface area (Å²) < 4.78 is 0. The van der Waals surface area contributed by atoms with Crippen LogP contribution in [0.25, 0.3) is 0 Å². The van der Waals surface area contributed by atoms with Gasteiger partial charge in [0.2, 0.25) is 0 Å². The lowest BCUT2D eigenvalue weighted by atomic mass is 10.0. The maximum Gasteiger partial charge on any atom is 0.163 e. The van der Waals surface area contributed by atoms with E-state index in [0.717, 1.165) is 41.0 Å². The molecule has 0 saturated heterocycles. The standard InChI is InChI=1S/C27H34N4O2S/c1-4-8-24-25(16-15-23(19(3)32)27(24)33)34-18-22-13-11-21(12-14-22)17-20(5-2)9-6-7-10-26(30-28)31-29/h5-7,9,11-16,33H,2,4,8,10,17-18,28-29H2,1,3H3,(H,30,31)/b7-6-,20-9+. The van der Waals surface area contributed by atoms with Crippen LogP contribution in [0.1, 0.15) is 53.7 Å². The number of ketones is 1. The molecule has 34 heavy (non-hydrogen) atoms. The number of carbonyl (C=O) groups excluding carboxylic acids is 1. The lowest BCUT2D eigenvalue weighted by Gasteiger charge is -2.13. The third kappa shape index (κ3) is 7.93. The summed E-state index contributed by atoms with van der Waals surface area (Å²) in [5, 5.41) is 14.1. The summed E-state index contributed by atoms with van der Waals surface area (Å²) >= 11 is 1.68. The summed E-state index contributed by atoms with van der Waals surface area (Å²) in [6.07, 6.45) is 10.6. The minimum atomic E-state index is -0.118. The largest absolute Gasteiger partial charge is 0.507 e. The van der Waals surface area contributed by atoms with Gasteiger partial charge in [0, 0.05) is 22.6 Å². The molecule has 0 atom stereocenters. The number of phenols is 1. The first-order chi connectivity index (χ1) is 16.4. The summed E-state index contributed by atoms with van der Waals surface area (Å²) in [7, 11) is 0. The van der Waals surface area contributed by atoms with Crippen LogP contribution in [0.2, 0.25) is 0 Å². The fourth-order valence-corrected chi connectivity index (χ4v) is 4.45. The number of rotatable bonds is 12. The predicted molar refractivity (Wildman–Crippen MR) is 143 cm³/mol. The molecule has 0 spiro atoms. The average molecular weight is 479 g/mol. The molecule has 6 nitrogen and oxygen atoms in total. The molecular weight excluding hydrogens is 444 g/mol. The lowest BCUT2D eigenvalue weighted by molar-refractivity contribution is 0.101. The molecule has 0 amide bonds. The highest BCUT2D eigenvalue weighted by molar-refractivity contribution is 7.98. The number of nitrogens with zero attached hydrogens (tertiary/aromatic N) is 1. The van der Waals surface area contributed by atoms with Crippen LogP contribution in [0.15, 0.2) is 82.9 Å². The fraction of sp³-hybridized carbons (Fsp3) is 0.259. The fourth-order valence-electron chi connectivity index (χ4n) is 3.40. The molecule has 2 aromatic carbocycles. The minimum Gasteiger partial charge on any atom is -0.507 e. The molecule has 0 heterocycles. The van der Waals surface area contributed by atoms with Crippen molar-refractivity contribution in [2.45, 2.75) is 50.2 Å². The zero-order valence-corrected chi connectivity index (χ0v) is 20.7. The normalized spacial score (nSPS) is 12.2. The van der Waals surface area contributed by atoms with Gasteiger partial charge in [0.1, 0.15) is 11.6 Å². The van der Waals surface area contributed by atoms with Gasteiger partial charge in [-0.2, -0.15) is 5.10 Å². The SMILES string of the molecule is C=C/C(=C\C=C/C/C(=N/N)NN)Cc1ccc(CSc2ccc(C(C)=O)c(O)c2CCC)cc1. The number of benzene rings is 2. The van der Waals surface area contributed by atoms with Gasteiger partial charge in [-0.1, -0.05) is 68.5 Å². The van der Waals surface area contributed by atoms with E-state index in [9.17, 15) is 9.90 Å². The van der Waals surface area contributed by atoms with Gasteiger partial charge in [-0.05, 0) is 48.6 Å². The molecule has 0 aliphatic carbocycles. The van der Waals surface area contributed by atoms with E-state index in [4.69, 9.17) is 11.7 Å². The highest BCUT2D eigenvalue weighted by Crippen LogP contribution is 2.35. The van der Waals surface area contributed by atoms with Gasteiger partial charge in [0.05, 0.1) is 5.56 Å². The Morgan fingerprint density at radius 1 is 1.21 bits per heavy atom. The molecule has 6 N–H and O–H groups in total. The molecule has 0 saturated carbocycles. The highest BCUT2D eigenvalue weighted by Gasteiger charge is 2.15. The molecule has 2 rings (SSSR count). The second-order valence-corrected chi connectivity index (χ2v) is 8.84. The molecule has 2 aromatic rings. The van der Waals surface area contributed by atoms with Gasteiger partial charge in [0.25, 0.3) is 0 Å². The molecule has 0 unspecified atom stereocenters. The minimum absolute atomic E-state index is 0.118. The third-order valence-corrected chi connectivity index (χ3v) is 6.46. The third-order valence-electron chi connectivity index (χ3n) is 5.29. The van der Waals surface area contributed by atoms with Crippen LogP contribution in [-0.4, -0.2) is 16.7 Å². The number of hydrazine groups is 1. The van der Waals surface area contributed by atoms with Crippen LogP contribution >= 0.6 is 11.8 Å². The Kier molecular flexibility index (Phi) is 11.2.